The summed E-state index contributed by atoms with van der Waals surface area (Å²) in [4.78, 5) is 28.6. The van der Waals surface area contributed by atoms with Crippen molar-refractivity contribution >= 4 is 52.7 Å². The number of ether oxygens (including phenoxy) is 1. The molecule has 0 atom stereocenters. The molecular formula is C19H15Cl3N4O3. The highest BCUT2D eigenvalue weighted by molar-refractivity contribution is 6.44. The highest BCUT2D eigenvalue weighted by Crippen LogP contribution is 2.29. The minimum absolute atomic E-state index is 0.203. The Labute approximate surface area is 180 Å². The summed E-state index contributed by atoms with van der Waals surface area (Å²) >= 11 is 18.0. The number of aryl methyl sites for hydroxylation is 1. The van der Waals surface area contributed by atoms with E-state index in [0.29, 0.717) is 32.9 Å². The van der Waals surface area contributed by atoms with Crippen LogP contribution in [0.15, 0.2) is 46.2 Å². The molecule has 2 amide bonds. The summed E-state index contributed by atoms with van der Waals surface area (Å²) < 4.78 is 6.48. The molecule has 150 valence electrons. The number of rotatable bonds is 4. The average Bonchev–Trinajstić information content (AvgIpc) is 2.98. The summed E-state index contributed by atoms with van der Waals surface area (Å²) in [6.45, 7) is 1.69. The molecule has 2 N–H and O–H groups in total. The molecule has 2 aromatic carbocycles. The number of benzene rings is 2. The molecule has 0 spiro atoms. The fourth-order valence-corrected chi connectivity index (χ4v) is 3.09. The van der Waals surface area contributed by atoms with E-state index < -0.39 is 6.03 Å². The lowest BCUT2D eigenvalue weighted by atomic mass is 10.3. The first-order chi connectivity index (χ1) is 13.8. The third kappa shape index (κ3) is 4.48. The van der Waals surface area contributed by atoms with Gasteiger partial charge in [0, 0.05) is 18.0 Å². The summed E-state index contributed by atoms with van der Waals surface area (Å²) in [6.07, 6.45) is 1.19. The summed E-state index contributed by atoms with van der Waals surface area (Å²) in [7, 11) is 1.48. The number of amides is 2. The molecule has 0 aliphatic rings. The Balaban J connectivity index is 1.86. The number of urea groups is 1. The van der Waals surface area contributed by atoms with Gasteiger partial charge in [-0.3, -0.25) is 9.89 Å². The maximum atomic E-state index is 12.7. The van der Waals surface area contributed by atoms with Crippen molar-refractivity contribution in [2.45, 2.75) is 6.92 Å². The number of anilines is 1. The van der Waals surface area contributed by atoms with Crippen molar-refractivity contribution in [3.8, 4) is 11.4 Å². The molecule has 0 unspecified atom stereocenters. The summed E-state index contributed by atoms with van der Waals surface area (Å²) in [5.41, 5.74) is 1.21. The summed E-state index contributed by atoms with van der Waals surface area (Å²) in [5, 5.41) is 6.38. The first-order valence-electron chi connectivity index (χ1n) is 8.26. The SMILES string of the molecule is COc1cc(-n2[nH]c(C)c(C=NC(=O)Nc3cccc(Cl)c3Cl)c2=O)ccc1Cl. The first-order valence-corrected chi connectivity index (χ1v) is 9.39. The van der Waals surface area contributed by atoms with Crippen LogP contribution in [-0.2, 0) is 0 Å². The summed E-state index contributed by atoms with van der Waals surface area (Å²) in [6, 6.07) is 9.03. The Morgan fingerprint density at radius 1 is 1.21 bits per heavy atom. The van der Waals surface area contributed by atoms with Gasteiger partial charge in [0.25, 0.3) is 5.56 Å². The van der Waals surface area contributed by atoms with Crippen molar-refractivity contribution in [2.24, 2.45) is 4.99 Å². The summed E-state index contributed by atoms with van der Waals surface area (Å²) in [5.74, 6) is 0.427. The molecule has 29 heavy (non-hydrogen) atoms. The minimum Gasteiger partial charge on any atom is -0.495 e. The van der Waals surface area contributed by atoms with Gasteiger partial charge in [-0.05, 0) is 31.2 Å². The largest absolute Gasteiger partial charge is 0.495 e. The zero-order valence-electron chi connectivity index (χ0n) is 15.3. The number of halogens is 3. The third-order valence-corrected chi connectivity index (χ3v) is 5.15. The van der Waals surface area contributed by atoms with Gasteiger partial charge in [-0.25, -0.2) is 14.5 Å². The van der Waals surface area contributed by atoms with E-state index in [-0.39, 0.29) is 16.1 Å². The fourth-order valence-electron chi connectivity index (χ4n) is 2.55. The maximum absolute atomic E-state index is 12.7. The van der Waals surface area contributed by atoms with Gasteiger partial charge in [0.1, 0.15) is 5.75 Å². The monoisotopic (exact) mass is 452 g/mol. The first kappa shape index (κ1) is 21.0. The Bertz CT molecular complexity index is 1170. The van der Waals surface area contributed by atoms with E-state index in [9.17, 15) is 9.59 Å². The third-order valence-electron chi connectivity index (χ3n) is 4.01. The van der Waals surface area contributed by atoms with Gasteiger partial charge < -0.3 is 10.1 Å². The lowest BCUT2D eigenvalue weighted by molar-refractivity contribution is 0.259. The molecule has 1 heterocycles. The van der Waals surface area contributed by atoms with Gasteiger partial charge in [0.05, 0.1) is 39.1 Å². The van der Waals surface area contributed by atoms with E-state index in [4.69, 9.17) is 39.5 Å². The number of aliphatic imine (C=N–C) groups is 1. The lowest BCUT2D eigenvalue weighted by Gasteiger charge is -2.06. The zero-order chi connectivity index (χ0) is 21.1. The van der Waals surface area contributed by atoms with Crippen LogP contribution >= 0.6 is 34.8 Å². The van der Waals surface area contributed by atoms with Gasteiger partial charge >= 0.3 is 6.03 Å². The number of H-pyrrole nitrogens is 1. The van der Waals surface area contributed by atoms with Crippen LogP contribution in [0.1, 0.15) is 11.3 Å². The molecule has 0 fully saturated rings. The molecule has 0 aliphatic carbocycles. The maximum Gasteiger partial charge on any atom is 0.345 e. The van der Waals surface area contributed by atoms with Crippen molar-refractivity contribution in [3.63, 3.8) is 0 Å². The second kappa shape index (κ2) is 8.73. The predicted octanol–water partition coefficient (Wildman–Crippen LogP) is 5.09. The second-order valence-electron chi connectivity index (χ2n) is 5.90. The molecule has 0 saturated carbocycles. The Hall–Kier alpha value is -2.74. The number of carbonyl (C=O) groups is 1. The number of aromatic nitrogens is 2. The standard InChI is InChI=1S/C19H15Cl3N4O3/c1-10-12(9-23-19(28)24-15-5-3-4-14(21)17(15)22)18(27)26(25-10)11-6-7-13(20)16(8-11)29-2/h3-9,25H,1-2H3,(H,24,28). The number of methoxy groups -OCH3 is 1. The average molecular weight is 454 g/mol. The molecule has 7 nitrogen and oxygen atoms in total. The smallest absolute Gasteiger partial charge is 0.345 e. The van der Waals surface area contributed by atoms with Crippen LogP contribution in [0.3, 0.4) is 0 Å². The normalized spacial score (nSPS) is 11.1. The van der Waals surface area contributed by atoms with Crippen LogP contribution in [0.25, 0.3) is 5.69 Å². The van der Waals surface area contributed by atoms with Crippen LogP contribution < -0.4 is 15.6 Å². The Kier molecular flexibility index (Phi) is 6.32. The van der Waals surface area contributed by atoms with Crippen LogP contribution in [0, 0.1) is 6.92 Å². The molecule has 0 aliphatic heterocycles. The molecule has 1 aromatic heterocycles. The van der Waals surface area contributed by atoms with Crippen LogP contribution in [0.4, 0.5) is 10.5 Å². The molecule has 3 aromatic rings. The topological polar surface area (TPSA) is 88.5 Å². The highest BCUT2D eigenvalue weighted by atomic mass is 35.5. The molecule has 10 heteroatoms. The minimum atomic E-state index is -0.700. The lowest BCUT2D eigenvalue weighted by Crippen LogP contribution is -2.17. The van der Waals surface area contributed by atoms with Crippen LogP contribution in [0.2, 0.25) is 15.1 Å². The van der Waals surface area contributed by atoms with Gasteiger partial charge in [-0.1, -0.05) is 40.9 Å². The number of hydrogen-bond acceptors (Lipinski definition) is 3. The Morgan fingerprint density at radius 2 is 1.97 bits per heavy atom. The number of aromatic amines is 1. The fraction of sp³-hybridized carbons (Fsp3) is 0.105. The predicted molar refractivity (Wildman–Crippen MR) is 116 cm³/mol. The zero-order valence-corrected chi connectivity index (χ0v) is 17.6. The van der Waals surface area contributed by atoms with E-state index in [0.717, 1.165) is 0 Å². The van der Waals surface area contributed by atoms with E-state index in [2.05, 4.69) is 15.4 Å². The van der Waals surface area contributed by atoms with Crippen LogP contribution in [-0.4, -0.2) is 29.1 Å². The van der Waals surface area contributed by atoms with E-state index in [1.54, 1.807) is 43.3 Å². The number of nitrogens with zero attached hydrogens (tertiary/aromatic N) is 2. The van der Waals surface area contributed by atoms with Crippen LogP contribution in [0.5, 0.6) is 5.75 Å². The van der Waals surface area contributed by atoms with Crippen molar-refractivity contribution in [1.29, 1.82) is 0 Å². The molecule has 0 saturated heterocycles. The van der Waals surface area contributed by atoms with Crippen molar-refractivity contribution in [2.75, 3.05) is 12.4 Å². The van der Waals surface area contributed by atoms with Crippen molar-refractivity contribution < 1.29 is 9.53 Å². The van der Waals surface area contributed by atoms with Gasteiger partial charge in [-0.2, -0.15) is 0 Å². The van der Waals surface area contributed by atoms with Gasteiger partial charge in [-0.15, -0.1) is 0 Å². The number of hydrogen-bond donors (Lipinski definition) is 2. The van der Waals surface area contributed by atoms with E-state index >= 15 is 0 Å². The van der Waals surface area contributed by atoms with E-state index in [1.165, 1.54) is 18.0 Å². The van der Waals surface area contributed by atoms with E-state index in [1.807, 2.05) is 0 Å². The highest BCUT2D eigenvalue weighted by Gasteiger charge is 2.13. The molecule has 0 radical (unpaired) electrons. The molecular weight excluding hydrogens is 439 g/mol. The van der Waals surface area contributed by atoms with Crippen molar-refractivity contribution in [3.05, 3.63) is 73.1 Å². The second-order valence-corrected chi connectivity index (χ2v) is 7.09. The van der Waals surface area contributed by atoms with Gasteiger partial charge in [0.2, 0.25) is 0 Å². The Morgan fingerprint density at radius 3 is 2.69 bits per heavy atom. The quantitative estimate of drug-likeness (QED) is 0.539. The number of carbonyl (C=O) groups excluding carboxylic acids is 1. The molecule has 3 rings (SSSR count). The number of nitrogens with one attached hydrogen (secondary N) is 2. The molecule has 0 bridgehead atoms. The van der Waals surface area contributed by atoms with Crippen molar-refractivity contribution in [1.82, 2.24) is 9.78 Å². The van der Waals surface area contributed by atoms with Gasteiger partial charge in [0.15, 0.2) is 0 Å².